The van der Waals surface area contributed by atoms with Crippen LogP contribution in [-0.2, 0) is 4.79 Å². The molecule has 0 fully saturated rings. The molecule has 1 rings (SSSR count). The van der Waals surface area contributed by atoms with Crippen LogP contribution in [0.2, 0.25) is 0 Å². The molecule has 3 nitrogen and oxygen atoms in total. The van der Waals surface area contributed by atoms with Crippen molar-refractivity contribution in [3.8, 4) is 5.75 Å². The second-order valence-electron chi connectivity index (χ2n) is 2.92. The number of ether oxygens (including phenoxy) is 1. The molecule has 0 spiro atoms. The van der Waals surface area contributed by atoms with Crippen LogP contribution in [0.25, 0.3) is 0 Å². The maximum Gasteiger partial charge on any atom is 2.00 e. The second kappa shape index (κ2) is 11.6. The van der Waals surface area contributed by atoms with Crippen LogP contribution in [0.5, 0.6) is 5.75 Å². The van der Waals surface area contributed by atoms with Gasteiger partial charge in [-0.3, -0.25) is 0 Å². The van der Waals surface area contributed by atoms with Crippen molar-refractivity contribution in [1.82, 2.24) is 0 Å². The number of rotatable bonds is 4. The van der Waals surface area contributed by atoms with Crippen molar-refractivity contribution in [2.75, 3.05) is 6.61 Å². The third-order valence-corrected chi connectivity index (χ3v) is 1.41. The van der Waals surface area contributed by atoms with Gasteiger partial charge in [0.25, 0.3) is 0 Å². The number of carbonyl (C=O) groups excluding carboxylic acids is 2. The van der Waals surface area contributed by atoms with Gasteiger partial charge in [-0.05, 0) is 13.2 Å². The number of benzene rings is 1. The van der Waals surface area contributed by atoms with Gasteiger partial charge in [0.05, 0.1) is 6.61 Å². The molecule has 0 bridgehead atoms. The van der Waals surface area contributed by atoms with Gasteiger partial charge < -0.3 is 14.3 Å². The molecule has 4 heteroatoms. The van der Waals surface area contributed by atoms with Crippen molar-refractivity contribution >= 4 is 12.6 Å². The second-order valence-corrected chi connectivity index (χ2v) is 2.92. The number of hydrogen-bond donors (Lipinski definition) is 0. The van der Waals surface area contributed by atoms with Gasteiger partial charge in [-0.2, -0.15) is 17.7 Å². The average Bonchev–Trinajstić information content (AvgIpc) is 2.30. The van der Waals surface area contributed by atoms with Crippen molar-refractivity contribution in [2.45, 2.75) is 13.8 Å². The maximum atomic E-state index is 10.3. The van der Waals surface area contributed by atoms with E-state index in [0.29, 0.717) is 23.5 Å². The Morgan fingerprint density at radius 3 is 2.65 bits per heavy atom. The molecule has 88 valence electrons. The largest absolute Gasteiger partial charge is 2.00 e. The van der Waals surface area contributed by atoms with E-state index in [9.17, 15) is 9.59 Å². The summed E-state index contributed by atoms with van der Waals surface area (Å²) < 4.78 is 5.13. The van der Waals surface area contributed by atoms with Crippen LogP contribution < -0.4 is 4.74 Å². The van der Waals surface area contributed by atoms with E-state index in [4.69, 9.17) is 4.74 Å². The van der Waals surface area contributed by atoms with Crippen LogP contribution >= 0.6 is 0 Å². The fourth-order valence-corrected chi connectivity index (χ4v) is 0.773. The van der Waals surface area contributed by atoms with Gasteiger partial charge in [0.15, 0.2) is 0 Å². The SMILES string of the molecule is C=C(C)[C-]=O.CCOc1[c-]ccc(C=O)c1.[U+2]. The molecule has 0 atom stereocenters. The molecule has 0 N–H and O–H groups in total. The summed E-state index contributed by atoms with van der Waals surface area (Å²) in [6, 6.07) is 7.89. The summed E-state index contributed by atoms with van der Waals surface area (Å²) in [5.41, 5.74) is 1.07. The number of aldehydes is 1. The van der Waals surface area contributed by atoms with Crippen LogP contribution in [-0.4, -0.2) is 19.2 Å². The van der Waals surface area contributed by atoms with Crippen LogP contribution in [0, 0.1) is 37.2 Å². The molecule has 0 saturated heterocycles. The summed E-state index contributed by atoms with van der Waals surface area (Å²) >= 11 is 0. The van der Waals surface area contributed by atoms with Gasteiger partial charge in [0.1, 0.15) is 6.29 Å². The van der Waals surface area contributed by atoms with E-state index >= 15 is 0 Å². The Bertz CT molecular complexity index is 361. The van der Waals surface area contributed by atoms with Gasteiger partial charge in [0.2, 0.25) is 0 Å². The minimum Gasteiger partial charge on any atom is -0.520 e. The van der Waals surface area contributed by atoms with Crippen molar-refractivity contribution in [3.63, 3.8) is 0 Å². The summed E-state index contributed by atoms with van der Waals surface area (Å²) in [5.74, 6) is 0.622. The smallest absolute Gasteiger partial charge is 0.520 e. The number of allylic oxidation sites excluding steroid dienone is 1. The van der Waals surface area contributed by atoms with E-state index in [2.05, 4.69) is 12.6 Å². The van der Waals surface area contributed by atoms with E-state index in [1.54, 1.807) is 31.4 Å². The maximum absolute atomic E-state index is 10.3. The Morgan fingerprint density at radius 1 is 1.65 bits per heavy atom. The minimum atomic E-state index is 0. The molecule has 0 aliphatic rings. The molecule has 0 radical (unpaired) electrons. The first-order valence-electron chi connectivity index (χ1n) is 4.77. The summed E-state index contributed by atoms with van der Waals surface area (Å²) in [4.78, 5) is 19.6. The predicted molar refractivity (Wildman–Crippen MR) is 62.3 cm³/mol. The first-order chi connectivity index (χ1) is 7.63. The Hall–Kier alpha value is -0.848. The molecular formula is C13H14O3U. The van der Waals surface area contributed by atoms with E-state index in [0.717, 1.165) is 6.29 Å². The standard InChI is InChI=1S/C9H9O2.C4H5O.U/c1-2-11-9-5-3-4-8(6-9)7-10;1-4(2)3-5;/h3-4,6-7H,2H2,1H3;1H2,2H3;/q2*-1;+2. The van der Waals surface area contributed by atoms with Crippen molar-refractivity contribution in [2.24, 2.45) is 0 Å². The zero-order valence-corrected chi connectivity index (χ0v) is 14.1. The molecule has 0 aromatic heterocycles. The number of hydrogen-bond acceptors (Lipinski definition) is 3. The first-order valence-corrected chi connectivity index (χ1v) is 4.77. The first kappa shape index (κ1) is 18.5. The Labute approximate surface area is 126 Å². The minimum absolute atomic E-state index is 0. The van der Waals surface area contributed by atoms with Gasteiger partial charge >= 0.3 is 31.1 Å². The third-order valence-electron chi connectivity index (χ3n) is 1.41. The summed E-state index contributed by atoms with van der Waals surface area (Å²) in [6.07, 6.45) is 2.37. The third kappa shape index (κ3) is 10.0. The van der Waals surface area contributed by atoms with Crippen LogP contribution in [0.15, 0.2) is 30.4 Å². The van der Waals surface area contributed by atoms with E-state index in [1.165, 1.54) is 0 Å². The molecule has 0 saturated carbocycles. The molecular weight excluding hydrogens is 442 g/mol. The normalized spacial score (nSPS) is 7.88. The quantitative estimate of drug-likeness (QED) is 0.397. The fourth-order valence-electron chi connectivity index (χ4n) is 0.773. The Kier molecular flexibility index (Phi) is 12.7. The summed E-state index contributed by atoms with van der Waals surface area (Å²) in [5, 5.41) is 0. The van der Waals surface area contributed by atoms with Crippen molar-refractivity contribution in [1.29, 1.82) is 0 Å². The van der Waals surface area contributed by atoms with E-state index in [1.807, 2.05) is 6.92 Å². The molecule has 17 heavy (non-hydrogen) atoms. The topological polar surface area (TPSA) is 43.4 Å². The van der Waals surface area contributed by atoms with Crippen LogP contribution in [0.1, 0.15) is 24.2 Å². The van der Waals surface area contributed by atoms with Crippen LogP contribution in [0.4, 0.5) is 0 Å². The molecule has 0 aliphatic carbocycles. The van der Waals surface area contributed by atoms with E-state index in [-0.39, 0.29) is 31.1 Å². The average molecular weight is 456 g/mol. The molecule has 0 heterocycles. The zero-order chi connectivity index (χ0) is 12.4. The van der Waals surface area contributed by atoms with Gasteiger partial charge in [-0.15, -0.1) is 12.1 Å². The monoisotopic (exact) mass is 456 g/mol. The molecule has 1 aromatic rings. The fraction of sp³-hybridized carbons (Fsp3) is 0.231. The van der Waals surface area contributed by atoms with E-state index < -0.39 is 0 Å². The molecule has 1 aromatic carbocycles. The van der Waals surface area contributed by atoms with Crippen molar-refractivity contribution < 1.29 is 45.4 Å². The van der Waals surface area contributed by atoms with Crippen molar-refractivity contribution in [3.05, 3.63) is 42.0 Å². The van der Waals surface area contributed by atoms with Gasteiger partial charge in [-0.25, -0.2) is 6.58 Å². The molecule has 0 amide bonds. The van der Waals surface area contributed by atoms with Crippen LogP contribution in [0.3, 0.4) is 0 Å². The predicted octanol–water partition coefficient (Wildman–Crippen LogP) is 2.37. The molecule has 0 unspecified atom stereocenters. The Morgan fingerprint density at radius 2 is 2.24 bits per heavy atom. The van der Waals surface area contributed by atoms with Gasteiger partial charge in [-0.1, -0.05) is 12.5 Å². The summed E-state index contributed by atoms with van der Waals surface area (Å²) in [7, 11) is 0. The zero-order valence-electron chi connectivity index (χ0n) is 9.95. The molecule has 0 aliphatic heterocycles. The van der Waals surface area contributed by atoms with Gasteiger partial charge in [0, 0.05) is 5.75 Å². The number of carbonyl (C=O) groups is 1. The summed E-state index contributed by atoms with van der Waals surface area (Å²) in [6.45, 7) is 7.34. The Balaban J connectivity index is 0.